The molecule has 0 aliphatic heterocycles. The zero-order valence-electron chi connectivity index (χ0n) is 14.1. The van der Waals surface area contributed by atoms with Gasteiger partial charge in [0, 0.05) is 11.6 Å². The molecule has 0 saturated carbocycles. The number of carbonyl (C=O) groups excluding carboxylic acids is 1. The first kappa shape index (κ1) is 16.7. The van der Waals surface area contributed by atoms with Crippen molar-refractivity contribution in [2.75, 3.05) is 7.11 Å². The van der Waals surface area contributed by atoms with E-state index in [2.05, 4.69) is 16.8 Å². The van der Waals surface area contributed by atoms with E-state index in [-0.39, 0.29) is 17.9 Å². The van der Waals surface area contributed by atoms with E-state index in [0.29, 0.717) is 11.5 Å². The van der Waals surface area contributed by atoms with Gasteiger partial charge in [-0.2, -0.15) is 5.10 Å². The highest BCUT2D eigenvalue weighted by Gasteiger charge is 2.12. The molecule has 3 rings (SSSR count). The van der Waals surface area contributed by atoms with Gasteiger partial charge in [0.25, 0.3) is 5.56 Å². The maximum atomic E-state index is 12.1. The molecule has 0 amide bonds. The first-order valence-electron chi connectivity index (χ1n) is 7.95. The Morgan fingerprint density at radius 2 is 1.88 bits per heavy atom. The highest BCUT2D eigenvalue weighted by Crippen LogP contribution is 2.17. The van der Waals surface area contributed by atoms with Crippen molar-refractivity contribution in [3.05, 3.63) is 76.0 Å². The molecule has 0 aliphatic rings. The van der Waals surface area contributed by atoms with E-state index < -0.39 is 5.97 Å². The van der Waals surface area contributed by atoms with E-state index in [1.807, 2.05) is 24.3 Å². The molecule has 0 saturated heterocycles. The van der Waals surface area contributed by atoms with Gasteiger partial charge in [-0.1, -0.05) is 31.2 Å². The number of aromatic nitrogens is 2. The molecule has 2 aromatic heterocycles. The molecule has 0 fully saturated rings. The number of esters is 1. The second-order valence-electron chi connectivity index (χ2n) is 5.52. The molecule has 6 nitrogen and oxygen atoms in total. The van der Waals surface area contributed by atoms with Gasteiger partial charge < -0.3 is 9.15 Å². The van der Waals surface area contributed by atoms with Crippen LogP contribution in [-0.2, 0) is 17.7 Å². The Balaban J connectivity index is 1.87. The molecule has 0 atom stereocenters. The molecule has 0 bridgehead atoms. The molecular weight excluding hydrogens is 320 g/mol. The summed E-state index contributed by atoms with van der Waals surface area (Å²) in [4.78, 5) is 23.5. The Hall–Kier alpha value is -3.15. The fraction of sp³-hybridized carbons (Fsp3) is 0.211. The van der Waals surface area contributed by atoms with Gasteiger partial charge in [-0.05, 0) is 30.2 Å². The Labute approximate surface area is 144 Å². The molecule has 1 aromatic carbocycles. The van der Waals surface area contributed by atoms with Crippen molar-refractivity contribution in [3.8, 4) is 11.3 Å². The van der Waals surface area contributed by atoms with Gasteiger partial charge in [-0.25, -0.2) is 9.48 Å². The van der Waals surface area contributed by atoms with Crippen LogP contribution in [0.1, 0.15) is 28.8 Å². The van der Waals surface area contributed by atoms with Crippen LogP contribution in [0.25, 0.3) is 11.3 Å². The highest BCUT2D eigenvalue weighted by molar-refractivity contribution is 5.86. The monoisotopic (exact) mass is 338 g/mol. The van der Waals surface area contributed by atoms with Crippen LogP contribution in [0.15, 0.2) is 57.7 Å². The van der Waals surface area contributed by atoms with Gasteiger partial charge in [-0.3, -0.25) is 4.79 Å². The van der Waals surface area contributed by atoms with Crippen molar-refractivity contribution in [2.45, 2.75) is 19.9 Å². The average Bonchev–Trinajstić information content (AvgIpc) is 3.11. The summed E-state index contributed by atoms with van der Waals surface area (Å²) in [6.07, 6.45) is 0.966. The molecule has 0 N–H and O–H groups in total. The largest absolute Gasteiger partial charge is 0.463 e. The maximum absolute atomic E-state index is 12.1. The molecular formula is C19H18N2O4. The van der Waals surface area contributed by atoms with Gasteiger partial charge >= 0.3 is 5.97 Å². The van der Waals surface area contributed by atoms with Crippen molar-refractivity contribution < 1.29 is 13.9 Å². The average molecular weight is 338 g/mol. The lowest BCUT2D eigenvalue weighted by atomic mass is 10.1. The Bertz CT molecular complexity index is 939. The smallest absolute Gasteiger partial charge is 0.373 e. The van der Waals surface area contributed by atoms with Crippen LogP contribution in [-0.4, -0.2) is 22.9 Å². The number of nitrogens with zero attached hydrogens (tertiary/aromatic N) is 2. The summed E-state index contributed by atoms with van der Waals surface area (Å²) in [5.41, 5.74) is 2.62. The van der Waals surface area contributed by atoms with Gasteiger partial charge in [-0.15, -0.1) is 0 Å². The van der Waals surface area contributed by atoms with Crippen LogP contribution >= 0.6 is 0 Å². The Morgan fingerprint density at radius 1 is 1.12 bits per heavy atom. The number of furan rings is 1. The van der Waals surface area contributed by atoms with Crippen LogP contribution in [0.4, 0.5) is 0 Å². The highest BCUT2D eigenvalue weighted by atomic mass is 16.5. The minimum atomic E-state index is -0.559. The number of rotatable bonds is 5. The van der Waals surface area contributed by atoms with E-state index in [4.69, 9.17) is 4.42 Å². The lowest BCUT2D eigenvalue weighted by Gasteiger charge is -2.06. The molecule has 25 heavy (non-hydrogen) atoms. The second kappa shape index (κ2) is 7.17. The third-order valence-corrected chi connectivity index (χ3v) is 3.88. The lowest BCUT2D eigenvalue weighted by Crippen LogP contribution is -2.22. The topological polar surface area (TPSA) is 74.3 Å². The summed E-state index contributed by atoms with van der Waals surface area (Å²) in [5.74, 6) is -0.0124. The predicted molar refractivity (Wildman–Crippen MR) is 92.5 cm³/mol. The SMILES string of the molecule is CCc1ccc(-c2ccc(=O)n(Cc3ccc(C(=O)OC)o3)n2)cc1. The fourth-order valence-corrected chi connectivity index (χ4v) is 2.45. The van der Waals surface area contributed by atoms with Crippen LogP contribution in [0.5, 0.6) is 0 Å². The standard InChI is InChI=1S/C19H18N2O4/c1-3-13-4-6-14(7-5-13)16-9-11-18(22)21(20-16)12-15-8-10-17(25-15)19(23)24-2/h4-11H,3,12H2,1-2H3. The van der Waals surface area contributed by atoms with Crippen molar-refractivity contribution in [3.63, 3.8) is 0 Å². The van der Waals surface area contributed by atoms with Crippen molar-refractivity contribution >= 4 is 5.97 Å². The normalized spacial score (nSPS) is 10.6. The number of methoxy groups -OCH3 is 1. The maximum Gasteiger partial charge on any atom is 0.373 e. The van der Waals surface area contributed by atoms with E-state index in [1.54, 1.807) is 12.1 Å². The molecule has 6 heteroatoms. The van der Waals surface area contributed by atoms with Gasteiger partial charge in [0.2, 0.25) is 5.76 Å². The summed E-state index contributed by atoms with van der Waals surface area (Å²) in [6, 6.07) is 14.4. The van der Waals surface area contributed by atoms with E-state index in [0.717, 1.165) is 12.0 Å². The van der Waals surface area contributed by atoms with Crippen LogP contribution in [0, 0.1) is 0 Å². The quantitative estimate of drug-likeness (QED) is 0.669. The fourth-order valence-electron chi connectivity index (χ4n) is 2.45. The number of benzene rings is 1. The molecule has 0 unspecified atom stereocenters. The first-order chi connectivity index (χ1) is 12.1. The van der Waals surface area contributed by atoms with Crippen LogP contribution in [0.3, 0.4) is 0 Å². The minimum Gasteiger partial charge on any atom is -0.463 e. The predicted octanol–water partition coefficient (Wildman–Crippen LogP) is 2.90. The van der Waals surface area contributed by atoms with Gasteiger partial charge in [0.1, 0.15) is 12.3 Å². The van der Waals surface area contributed by atoms with Crippen molar-refractivity contribution in [2.24, 2.45) is 0 Å². The van der Waals surface area contributed by atoms with E-state index in [9.17, 15) is 9.59 Å². The summed E-state index contributed by atoms with van der Waals surface area (Å²) in [5, 5.41) is 4.40. The van der Waals surface area contributed by atoms with E-state index >= 15 is 0 Å². The lowest BCUT2D eigenvalue weighted by molar-refractivity contribution is 0.0562. The number of carbonyl (C=O) groups is 1. The number of ether oxygens (including phenoxy) is 1. The molecule has 2 heterocycles. The minimum absolute atomic E-state index is 0.0943. The Morgan fingerprint density at radius 3 is 2.56 bits per heavy atom. The van der Waals surface area contributed by atoms with Gasteiger partial charge in [0.15, 0.2) is 0 Å². The Kier molecular flexibility index (Phi) is 4.79. The van der Waals surface area contributed by atoms with Crippen molar-refractivity contribution in [1.29, 1.82) is 0 Å². The molecule has 0 spiro atoms. The van der Waals surface area contributed by atoms with E-state index in [1.165, 1.54) is 29.5 Å². The third-order valence-electron chi connectivity index (χ3n) is 3.88. The summed E-state index contributed by atoms with van der Waals surface area (Å²) in [7, 11) is 1.28. The summed E-state index contributed by atoms with van der Waals surface area (Å²) < 4.78 is 11.3. The zero-order chi connectivity index (χ0) is 17.8. The van der Waals surface area contributed by atoms with Crippen LogP contribution in [0.2, 0.25) is 0 Å². The molecule has 128 valence electrons. The van der Waals surface area contributed by atoms with Gasteiger partial charge in [0.05, 0.1) is 12.8 Å². The molecule has 0 radical (unpaired) electrons. The first-order valence-corrected chi connectivity index (χ1v) is 7.95. The summed E-state index contributed by atoms with van der Waals surface area (Å²) in [6.45, 7) is 2.23. The summed E-state index contributed by atoms with van der Waals surface area (Å²) >= 11 is 0. The third kappa shape index (κ3) is 3.68. The molecule has 0 aliphatic carbocycles. The number of hydrogen-bond acceptors (Lipinski definition) is 5. The number of aryl methyl sites for hydroxylation is 1. The molecule has 3 aromatic rings. The van der Waals surface area contributed by atoms with Crippen LogP contribution < -0.4 is 5.56 Å². The number of hydrogen-bond donors (Lipinski definition) is 0. The zero-order valence-corrected chi connectivity index (χ0v) is 14.1. The van der Waals surface area contributed by atoms with Crippen molar-refractivity contribution in [1.82, 2.24) is 9.78 Å². The second-order valence-corrected chi connectivity index (χ2v) is 5.52.